The number of ether oxygens (including phenoxy) is 1. The van der Waals surface area contributed by atoms with Crippen LogP contribution in [0.5, 0.6) is 0 Å². The van der Waals surface area contributed by atoms with Crippen LogP contribution in [0.15, 0.2) is 30.3 Å². The van der Waals surface area contributed by atoms with E-state index < -0.39 is 0 Å². The highest BCUT2D eigenvalue weighted by molar-refractivity contribution is 5.74. The van der Waals surface area contributed by atoms with Gasteiger partial charge in [-0.1, -0.05) is 36.8 Å². The summed E-state index contributed by atoms with van der Waals surface area (Å²) in [5.41, 5.74) is 1.62. The number of carbonyl (C=O) groups excluding carboxylic acids is 1. The van der Waals surface area contributed by atoms with E-state index in [1.165, 1.54) is 18.4 Å². The summed E-state index contributed by atoms with van der Waals surface area (Å²) in [5, 5.41) is 6.25. The van der Waals surface area contributed by atoms with E-state index in [1.54, 1.807) is 0 Å². The van der Waals surface area contributed by atoms with Gasteiger partial charge in [-0.2, -0.15) is 0 Å². The molecule has 23 heavy (non-hydrogen) atoms. The highest BCUT2D eigenvalue weighted by Gasteiger charge is 2.44. The Morgan fingerprint density at radius 3 is 2.74 bits per heavy atom. The Balaban J connectivity index is 1.39. The first-order valence-electron chi connectivity index (χ1n) is 8.95. The molecule has 0 bridgehead atoms. The Morgan fingerprint density at radius 1 is 1.17 bits per heavy atom. The van der Waals surface area contributed by atoms with Gasteiger partial charge in [-0.3, -0.25) is 0 Å². The van der Waals surface area contributed by atoms with E-state index in [9.17, 15) is 4.79 Å². The number of nitrogens with one attached hydrogen (secondary N) is 2. The second kappa shape index (κ2) is 7.82. The van der Waals surface area contributed by atoms with Crippen molar-refractivity contribution in [3.05, 3.63) is 35.9 Å². The highest BCUT2D eigenvalue weighted by Crippen LogP contribution is 2.45. The lowest BCUT2D eigenvalue weighted by Gasteiger charge is -2.39. The maximum atomic E-state index is 12.2. The lowest BCUT2D eigenvalue weighted by molar-refractivity contribution is 0.00624. The summed E-state index contributed by atoms with van der Waals surface area (Å²) >= 11 is 0. The molecule has 1 spiro atoms. The van der Waals surface area contributed by atoms with E-state index in [4.69, 9.17) is 4.74 Å². The van der Waals surface area contributed by atoms with Crippen LogP contribution in [0.3, 0.4) is 0 Å². The lowest BCUT2D eigenvalue weighted by Crippen LogP contribution is -2.50. The van der Waals surface area contributed by atoms with Gasteiger partial charge in [-0.15, -0.1) is 0 Å². The molecule has 1 saturated heterocycles. The number of urea groups is 1. The molecule has 1 aliphatic heterocycles. The molecule has 1 saturated carbocycles. The van der Waals surface area contributed by atoms with Gasteiger partial charge >= 0.3 is 6.03 Å². The molecule has 1 heterocycles. The Morgan fingerprint density at radius 2 is 1.96 bits per heavy atom. The fourth-order valence-corrected chi connectivity index (χ4v) is 4.09. The zero-order valence-electron chi connectivity index (χ0n) is 13.9. The summed E-state index contributed by atoms with van der Waals surface area (Å²) < 4.78 is 5.50. The van der Waals surface area contributed by atoms with Gasteiger partial charge in [0.15, 0.2) is 0 Å². The maximum Gasteiger partial charge on any atom is 0.315 e. The topological polar surface area (TPSA) is 50.4 Å². The van der Waals surface area contributed by atoms with Crippen molar-refractivity contribution < 1.29 is 9.53 Å². The molecule has 1 aliphatic carbocycles. The number of hydrogen-bond acceptors (Lipinski definition) is 2. The Kier molecular flexibility index (Phi) is 5.55. The van der Waals surface area contributed by atoms with Crippen molar-refractivity contribution in [3.8, 4) is 0 Å². The van der Waals surface area contributed by atoms with Crippen LogP contribution in [0.4, 0.5) is 4.79 Å². The summed E-state index contributed by atoms with van der Waals surface area (Å²) in [6, 6.07) is 10.7. The van der Waals surface area contributed by atoms with Crippen molar-refractivity contribution in [1.82, 2.24) is 10.6 Å². The van der Waals surface area contributed by atoms with Crippen LogP contribution in [-0.2, 0) is 11.2 Å². The zero-order valence-corrected chi connectivity index (χ0v) is 13.9. The van der Waals surface area contributed by atoms with Gasteiger partial charge in [0.2, 0.25) is 0 Å². The number of benzene rings is 1. The zero-order chi connectivity index (χ0) is 16.0. The molecular weight excluding hydrogens is 288 g/mol. The number of carbonyl (C=O) groups is 1. The minimum absolute atomic E-state index is 0.00386. The minimum Gasteiger partial charge on any atom is -0.381 e. The Labute approximate surface area is 139 Å². The summed E-state index contributed by atoms with van der Waals surface area (Å²) in [7, 11) is 0. The second-order valence-electron chi connectivity index (χ2n) is 6.91. The van der Waals surface area contributed by atoms with E-state index in [0.29, 0.717) is 11.5 Å². The smallest absolute Gasteiger partial charge is 0.315 e. The molecule has 1 aromatic rings. The van der Waals surface area contributed by atoms with E-state index in [-0.39, 0.29) is 6.03 Å². The molecule has 4 nitrogen and oxygen atoms in total. The van der Waals surface area contributed by atoms with Gasteiger partial charge in [0, 0.05) is 25.8 Å². The number of rotatable bonds is 5. The Bertz CT molecular complexity index is 497. The molecule has 3 rings (SSSR count). The molecule has 1 atom stereocenters. The average Bonchev–Trinajstić information content (AvgIpc) is 2.95. The second-order valence-corrected chi connectivity index (χ2v) is 6.91. The van der Waals surface area contributed by atoms with Gasteiger partial charge < -0.3 is 15.4 Å². The van der Waals surface area contributed by atoms with Crippen LogP contribution in [0, 0.1) is 5.41 Å². The van der Waals surface area contributed by atoms with E-state index in [0.717, 1.165) is 51.9 Å². The third kappa shape index (κ3) is 4.25. The van der Waals surface area contributed by atoms with Crippen LogP contribution in [0.1, 0.15) is 44.1 Å². The predicted octanol–water partition coefficient (Wildman–Crippen LogP) is 3.27. The fourth-order valence-electron chi connectivity index (χ4n) is 4.09. The molecule has 2 fully saturated rings. The van der Waals surface area contributed by atoms with Crippen LogP contribution in [0.25, 0.3) is 0 Å². The Hall–Kier alpha value is -1.55. The first kappa shape index (κ1) is 16.3. The van der Waals surface area contributed by atoms with Gasteiger partial charge in [-0.05, 0) is 49.5 Å². The largest absolute Gasteiger partial charge is 0.381 e. The van der Waals surface area contributed by atoms with Crippen LogP contribution in [0.2, 0.25) is 0 Å². The molecule has 4 heteroatoms. The summed E-state index contributed by atoms with van der Waals surface area (Å²) in [5.74, 6) is 0. The van der Waals surface area contributed by atoms with Crippen LogP contribution in [-0.4, -0.2) is 31.8 Å². The van der Waals surface area contributed by atoms with Crippen molar-refractivity contribution in [2.24, 2.45) is 5.41 Å². The van der Waals surface area contributed by atoms with Crippen molar-refractivity contribution in [3.63, 3.8) is 0 Å². The SMILES string of the molecule is O=C(NCCCc1ccccc1)NC1CCCC12CCOCC2. The van der Waals surface area contributed by atoms with Crippen LogP contribution >= 0.6 is 0 Å². The van der Waals surface area contributed by atoms with Gasteiger partial charge in [0.05, 0.1) is 0 Å². The predicted molar refractivity (Wildman–Crippen MR) is 91.4 cm³/mol. The molecule has 0 aromatic heterocycles. The molecule has 2 N–H and O–H groups in total. The monoisotopic (exact) mass is 316 g/mol. The van der Waals surface area contributed by atoms with Gasteiger partial charge in [0.1, 0.15) is 0 Å². The van der Waals surface area contributed by atoms with E-state index >= 15 is 0 Å². The molecule has 1 unspecified atom stereocenters. The summed E-state index contributed by atoms with van der Waals surface area (Å²) in [6.45, 7) is 2.41. The van der Waals surface area contributed by atoms with E-state index in [2.05, 4.69) is 34.9 Å². The van der Waals surface area contributed by atoms with Crippen molar-refractivity contribution in [2.45, 2.75) is 51.0 Å². The van der Waals surface area contributed by atoms with Crippen molar-refractivity contribution in [1.29, 1.82) is 0 Å². The third-order valence-corrected chi connectivity index (χ3v) is 5.47. The summed E-state index contributed by atoms with van der Waals surface area (Å²) in [6.07, 6.45) is 7.72. The van der Waals surface area contributed by atoms with Crippen LogP contribution < -0.4 is 10.6 Å². The molecule has 2 amide bonds. The molecule has 126 valence electrons. The number of hydrogen-bond donors (Lipinski definition) is 2. The summed E-state index contributed by atoms with van der Waals surface area (Å²) in [4.78, 5) is 12.2. The van der Waals surface area contributed by atoms with Gasteiger partial charge in [-0.25, -0.2) is 4.79 Å². The molecule has 2 aliphatic rings. The lowest BCUT2D eigenvalue weighted by atomic mass is 9.75. The van der Waals surface area contributed by atoms with Crippen molar-refractivity contribution >= 4 is 6.03 Å². The molecule has 0 radical (unpaired) electrons. The quantitative estimate of drug-likeness (QED) is 0.819. The normalized spacial score (nSPS) is 22.9. The third-order valence-electron chi connectivity index (χ3n) is 5.47. The average molecular weight is 316 g/mol. The van der Waals surface area contributed by atoms with Crippen molar-refractivity contribution in [2.75, 3.05) is 19.8 Å². The van der Waals surface area contributed by atoms with E-state index in [1.807, 2.05) is 6.07 Å². The highest BCUT2D eigenvalue weighted by atomic mass is 16.5. The standard InChI is InChI=1S/C19H28N2O2/c22-18(20-13-5-8-16-6-2-1-3-7-16)21-17-9-4-10-19(17)11-14-23-15-12-19/h1-3,6-7,17H,4-5,8-15H2,(H2,20,21,22). The molecule has 1 aromatic carbocycles. The first-order chi connectivity index (χ1) is 11.3. The first-order valence-corrected chi connectivity index (χ1v) is 8.95. The molecular formula is C19H28N2O2. The number of amides is 2. The fraction of sp³-hybridized carbons (Fsp3) is 0.632. The minimum atomic E-state index is -0.00386. The maximum absolute atomic E-state index is 12.2. The van der Waals surface area contributed by atoms with Gasteiger partial charge in [0.25, 0.3) is 0 Å². The number of aryl methyl sites for hydroxylation is 1.